The van der Waals surface area contributed by atoms with E-state index in [1.807, 2.05) is 66.0 Å². The van der Waals surface area contributed by atoms with E-state index in [1.165, 1.54) is 5.56 Å². The second-order valence-electron chi connectivity index (χ2n) is 6.06. The van der Waals surface area contributed by atoms with Crippen LogP contribution in [0.3, 0.4) is 0 Å². The van der Waals surface area contributed by atoms with Crippen molar-refractivity contribution in [3.8, 4) is 0 Å². The zero-order valence-electron chi connectivity index (χ0n) is 13.4. The van der Waals surface area contributed by atoms with Crippen LogP contribution in [0.5, 0.6) is 0 Å². The number of amides is 1. The maximum absolute atomic E-state index is 12.9. The number of para-hydroxylation sites is 1. The van der Waals surface area contributed by atoms with Crippen molar-refractivity contribution in [2.75, 3.05) is 23.0 Å². The van der Waals surface area contributed by atoms with Gasteiger partial charge in [-0.3, -0.25) is 9.59 Å². The van der Waals surface area contributed by atoms with Crippen molar-refractivity contribution in [1.82, 2.24) is 0 Å². The minimum atomic E-state index is -0.895. The number of nitrogens with zero attached hydrogens (tertiary/aromatic N) is 1. The van der Waals surface area contributed by atoms with Crippen LogP contribution < -0.4 is 4.90 Å². The van der Waals surface area contributed by atoms with Crippen LogP contribution in [0.4, 0.5) is 5.69 Å². The molecule has 0 aliphatic carbocycles. The van der Waals surface area contributed by atoms with E-state index in [2.05, 4.69) is 0 Å². The summed E-state index contributed by atoms with van der Waals surface area (Å²) in [6, 6.07) is 15.0. The highest BCUT2D eigenvalue weighted by molar-refractivity contribution is 8.19. The number of hydrogen-bond acceptors (Lipinski definition) is 4. The number of benzene rings is 2. The molecule has 128 valence electrons. The summed E-state index contributed by atoms with van der Waals surface area (Å²) >= 11 is 3.86. The standard InChI is InChI=1S/C19H17NO3S2/c21-17(12-5-7-13(8-6-12)19-24-9-10-25-19)20-11-15(18(22)23)14-3-1-2-4-16(14)20/h1-8,15,19H,9-11H2,(H,22,23). The first kappa shape index (κ1) is 16.5. The molecular formula is C19H17NO3S2. The molecule has 6 heteroatoms. The van der Waals surface area contributed by atoms with Crippen molar-refractivity contribution in [1.29, 1.82) is 0 Å². The van der Waals surface area contributed by atoms with Gasteiger partial charge in [0.15, 0.2) is 0 Å². The summed E-state index contributed by atoms with van der Waals surface area (Å²) < 4.78 is 0.452. The number of hydrogen-bond donors (Lipinski definition) is 1. The van der Waals surface area contributed by atoms with Gasteiger partial charge in [-0.05, 0) is 29.3 Å². The average Bonchev–Trinajstić information content (AvgIpc) is 3.29. The maximum Gasteiger partial charge on any atom is 0.312 e. The van der Waals surface area contributed by atoms with Crippen molar-refractivity contribution in [3.63, 3.8) is 0 Å². The molecule has 0 saturated carbocycles. The van der Waals surface area contributed by atoms with E-state index >= 15 is 0 Å². The molecule has 25 heavy (non-hydrogen) atoms. The number of fused-ring (bicyclic) bond motifs is 1. The van der Waals surface area contributed by atoms with Gasteiger partial charge in [-0.25, -0.2) is 0 Å². The minimum Gasteiger partial charge on any atom is -0.481 e. The molecule has 0 radical (unpaired) electrons. The first-order chi connectivity index (χ1) is 12.1. The molecule has 4 nitrogen and oxygen atoms in total. The summed E-state index contributed by atoms with van der Waals surface area (Å²) in [6.45, 7) is 0.184. The van der Waals surface area contributed by atoms with E-state index in [0.717, 1.165) is 11.5 Å². The molecule has 2 aromatic carbocycles. The number of rotatable bonds is 3. The second kappa shape index (κ2) is 6.77. The Hall–Kier alpha value is -1.92. The quantitative estimate of drug-likeness (QED) is 0.884. The molecule has 0 spiro atoms. The Bertz CT molecular complexity index is 816. The lowest BCUT2D eigenvalue weighted by Gasteiger charge is -2.18. The van der Waals surface area contributed by atoms with E-state index in [4.69, 9.17) is 0 Å². The van der Waals surface area contributed by atoms with Gasteiger partial charge in [0.25, 0.3) is 5.91 Å². The van der Waals surface area contributed by atoms with Crippen molar-refractivity contribution in [2.45, 2.75) is 10.5 Å². The van der Waals surface area contributed by atoms with Crippen LogP contribution in [0.1, 0.15) is 32.0 Å². The predicted octanol–water partition coefficient (Wildman–Crippen LogP) is 3.99. The average molecular weight is 371 g/mol. The van der Waals surface area contributed by atoms with Gasteiger partial charge in [-0.1, -0.05) is 30.3 Å². The van der Waals surface area contributed by atoms with Gasteiger partial charge < -0.3 is 10.0 Å². The topological polar surface area (TPSA) is 57.6 Å². The number of aliphatic carboxylic acids is 1. The number of carbonyl (C=O) groups excluding carboxylic acids is 1. The lowest BCUT2D eigenvalue weighted by molar-refractivity contribution is -0.138. The molecule has 1 atom stereocenters. The van der Waals surface area contributed by atoms with E-state index in [1.54, 1.807) is 11.0 Å². The Kier molecular flexibility index (Phi) is 4.48. The normalized spacial score (nSPS) is 19.8. The minimum absolute atomic E-state index is 0.144. The van der Waals surface area contributed by atoms with Gasteiger partial charge in [0.2, 0.25) is 0 Å². The van der Waals surface area contributed by atoms with Crippen LogP contribution >= 0.6 is 23.5 Å². The van der Waals surface area contributed by atoms with Crippen LogP contribution in [0.25, 0.3) is 0 Å². The van der Waals surface area contributed by atoms with Crippen LogP contribution in [0, 0.1) is 0 Å². The lowest BCUT2D eigenvalue weighted by Crippen LogP contribution is -2.31. The van der Waals surface area contributed by atoms with Crippen molar-refractivity contribution in [3.05, 3.63) is 65.2 Å². The smallest absolute Gasteiger partial charge is 0.312 e. The van der Waals surface area contributed by atoms with Gasteiger partial charge in [0, 0.05) is 29.3 Å². The molecule has 2 aliphatic heterocycles. The Morgan fingerprint density at radius 3 is 2.36 bits per heavy atom. The Morgan fingerprint density at radius 2 is 1.68 bits per heavy atom. The summed E-state index contributed by atoms with van der Waals surface area (Å²) in [5.74, 6) is 0.627. The first-order valence-electron chi connectivity index (χ1n) is 8.12. The monoisotopic (exact) mass is 371 g/mol. The van der Waals surface area contributed by atoms with E-state index < -0.39 is 11.9 Å². The van der Waals surface area contributed by atoms with Crippen LogP contribution in [-0.4, -0.2) is 35.0 Å². The molecule has 1 unspecified atom stereocenters. The number of anilines is 1. The predicted molar refractivity (Wildman–Crippen MR) is 103 cm³/mol. The highest BCUT2D eigenvalue weighted by Gasteiger charge is 2.36. The SMILES string of the molecule is O=C(O)C1CN(C(=O)c2ccc(C3SCCS3)cc2)c2ccccc21. The number of carbonyl (C=O) groups is 2. The molecule has 0 aromatic heterocycles. The van der Waals surface area contributed by atoms with Gasteiger partial charge in [0.1, 0.15) is 5.92 Å². The maximum atomic E-state index is 12.9. The molecule has 2 aromatic rings. The van der Waals surface area contributed by atoms with E-state index in [9.17, 15) is 14.7 Å². The molecule has 1 N–H and O–H groups in total. The molecule has 0 bridgehead atoms. The fourth-order valence-corrected chi connectivity index (χ4v) is 6.16. The second-order valence-corrected chi connectivity index (χ2v) is 8.79. The summed E-state index contributed by atoms with van der Waals surface area (Å²) in [7, 11) is 0. The van der Waals surface area contributed by atoms with Gasteiger partial charge in [-0.15, -0.1) is 23.5 Å². The molecule has 2 heterocycles. The summed E-state index contributed by atoms with van der Waals surface area (Å²) in [5, 5.41) is 9.45. The van der Waals surface area contributed by atoms with Crippen LogP contribution in [-0.2, 0) is 4.79 Å². The molecule has 1 amide bonds. The molecule has 1 fully saturated rings. The number of thioether (sulfide) groups is 2. The van der Waals surface area contributed by atoms with Crippen LogP contribution in [0.2, 0.25) is 0 Å². The largest absolute Gasteiger partial charge is 0.481 e. The van der Waals surface area contributed by atoms with Crippen molar-refractivity contribution < 1.29 is 14.7 Å². The fraction of sp³-hybridized carbons (Fsp3) is 0.263. The molecule has 4 rings (SSSR count). The fourth-order valence-electron chi connectivity index (χ4n) is 3.30. The Balaban J connectivity index is 1.60. The Labute approximate surface area is 154 Å². The van der Waals surface area contributed by atoms with Crippen molar-refractivity contribution >= 4 is 41.1 Å². The Morgan fingerprint density at radius 1 is 1.00 bits per heavy atom. The zero-order chi connectivity index (χ0) is 17.4. The number of carboxylic acid groups (broad SMARTS) is 1. The highest BCUT2D eigenvalue weighted by Crippen LogP contribution is 2.45. The zero-order valence-corrected chi connectivity index (χ0v) is 15.1. The third-order valence-electron chi connectivity index (χ3n) is 4.56. The summed E-state index contributed by atoms with van der Waals surface area (Å²) in [5.41, 5.74) is 3.23. The van der Waals surface area contributed by atoms with E-state index in [-0.39, 0.29) is 12.5 Å². The first-order valence-corrected chi connectivity index (χ1v) is 10.2. The summed E-state index contributed by atoms with van der Waals surface area (Å²) in [6.07, 6.45) is 0. The molecule has 1 saturated heterocycles. The highest BCUT2D eigenvalue weighted by atomic mass is 32.2. The lowest BCUT2D eigenvalue weighted by atomic mass is 10.0. The molecule has 2 aliphatic rings. The summed E-state index contributed by atoms with van der Waals surface area (Å²) in [4.78, 5) is 26.0. The molecular weight excluding hydrogens is 354 g/mol. The third-order valence-corrected chi connectivity index (χ3v) is 7.67. The van der Waals surface area contributed by atoms with E-state index in [0.29, 0.717) is 21.4 Å². The van der Waals surface area contributed by atoms with Gasteiger partial charge in [-0.2, -0.15) is 0 Å². The van der Waals surface area contributed by atoms with Crippen molar-refractivity contribution in [2.24, 2.45) is 0 Å². The van der Waals surface area contributed by atoms with Gasteiger partial charge in [0.05, 0.1) is 4.58 Å². The third kappa shape index (κ3) is 3.04. The van der Waals surface area contributed by atoms with Gasteiger partial charge >= 0.3 is 5.97 Å². The van der Waals surface area contributed by atoms with Crippen LogP contribution in [0.15, 0.2) is 48.5 Å². The number of carboxylic acids is 1.